The van der Waals surface area contributed by atoms with E-state index in [4.69, 9.17) is 44.3 Å². The summed E-state index contributed by atoms with van der Waals surface area (Å²) in [5, 5.41) is 1.75. The van der Waals surface area contributed by atoms with Gasteiger partial charge in [0.15, 0.2) is 6.10 Å². The lowest BCUT2D eigenvalue weighted by atomic mass is 10.2. The molecule has 10 heteroatoms. The van der Waals surface area contributed by atoms with Gasteiger partial charge in [0, 0.05) is 15.1 Å². The number of carbonyl (C=O) groups is 2. The maximum Gasteiger partial charge on any atom is 0.281 e. The Bertz CT molecular complexity index is 1090. The fraction of sp³-hybridized carbons (Fsp3) is 0.158. The number of hydrazine groups is 1. The summed E-state index contributed by atoms with van der Waals surface area (Å²) >= 11 is 19.4. The zero-order chi connectivity index (χ0) is 21.1. The molecule has 0 aliphatic rings. The van der Waals surface area contributed by atoms with Crippen molar-refractivity contribution in [1.29, 1.82) is 0 Å². The molecule has 3 rings (SSSR count). The third-order valence-electron chi connectivity index (χ3n) is 3.91. The largest absolute Gasteiger partial charge is 0.497 e. The van der Waals surface area contributed by atoms with Crippen LogP contribution in [0, 0.1) is 0 Å². The highest BCUT2D eigenvalue weighted by molar-refractivity contribution is 7.21. The van der Waals surface area contributed by atoms with Gasteiger partial charge in [-0.3, -0.25) is 20.4 Å². The first-order valence-electron chi connectivity index (χ1n) is 8.28. The van der Waals surface area contributed by atoms with Gasteiger partial charge in [0.25, 0.3) is 11.8 Å². The maximum atomic E-state index is 12.5. The monoisotopic (exact) mass is 472 g/mol. The lowest BCUT2D eigenvalue weighted by Crippen LogP contribution is -2.47. The first kappa shape index (κ1) is 21.5. The molecule has 0 bridgehead atoms. The average molecular weight is 474 g/mol. The van der Waals surface area contributed by atoms with Gasteiger partial charge in [0.1, 0.15) is 16.4 Å². The molecule has 2 N–H and O–H groups in total. The number of benzene rings is 2. The lowest BCUT2D eigenvalue weighted by Gasteiger charge is -2.16. The molecule has 0 spiro atoms. The first-order chi connectivity index (χ1) is 13.8. The van der Waals surface area contributed by atoms with Crippen molar-refractivity contribution in [3.63, 3.8) is 0 Å². The van der Waals surface area contributed by atoms with Crippen LogP contribution in [0.2, 0.25) is 15.1 Å². The van der Waals surface area contributed by atoms with E-state index < -0.39 is 17.9 Å². The molecule has 2 amide bonds. The molecule has 3 aromatic rings. The summed E-state index contributed by atoms with van der Waals surface area (Å²) in [6, 6.07) is 9.96. The van der Waals surface area contributed by atoms with E-state index in [1.54, 1.807) is 37.4 Å². The van der Waals surface area contributed by atoms with Crippen molar-refractivity contribution in [1.82, 2.24) is 10.9 Å². The van der Waals surface area contributed by atoms with Crippen LogP contribution in [0.5, 0.6) is 11.5 Å². The molecule has 0 saturated carbocycles. The highest BCUT2D eigenvalue weighted by Gasteiger charge is 2.20. The highest BCUT2D eigenvalue weighted by Crippen LogP contribution is 2.37. The predicted molar refractivity (Wildman–Crippen MR) is 116 cm³/mol. The number of fused-ring (bicyclic) bond motifs is 1. The molecular weight excluding hydrogens is 459 g/mol. The molecule has 1 aromatic heterocycles. The Balaban J connectivity index is 1.64. The summed E-state index contributed by atoms with van der Waals surface area (Å²) < 4.78 is 11.5. The molecule has 1 heterocycles. The van der Waals surface area contributed by atoms with Crippen molar-refractivity contribution in [3.05, 3.63) is 56.3 Å². The number of nitrogens with one attached hydrogen (secondary N) is 2. The fourth-order valence-electron chi connectivity index (χ4n) is 2.41. The Morgan fingerprint density at radius 3 is 2.52 bits per heavy atom. The molecule has 0 fully saturated rings. The van der Waals surface area contributed by atoms with E-state index in [0.29, 0.717) is 21.5 Å². The average Bonchev–Trinajstić information content (AvgIpc) is 3.03. The van der Waals surface area contributed by atoms with E-state index in [1.165, 1.54) is 24.3 Å². The van der Waals surface area contributed by atoms with Gasteiger partial charge in [-0.1, -0.05) is 34.8 Å². The molecular formula is C19H15Cl3N2O4S. The van der Waals surface area contributed by atoms with Crippen LogP contribution in [0.25, 0.3) is 10.1 Å². The second-order valence-electron chi connectivity index (χ2n) is 5.89. The topological polar surface area (TPSA) is 76.7 Å². The molecule has 0 aliphatic heterocycles. The molecule has 0 aliphatic carbocycles. The van der Waals surface area contributed by atoms with Crippen molar-refractivity contribution in [2.75, 3.05) is 7.11 Å². The summed E-state index contributed by atoms with van der Waals surface area (Å²) in [5.41, 5.74) is 4.66. The molecule has 0 unspecified atom stereocenters. The minimum absolute atomic E-state index is 0.268. The molecule has 0 saturated heterocycles. The number of thiophene rings is 1. The van der Waals surface area contributed by atoms with Crippen LogP contribution in [-0.4, -0.2) is 25.0 Å². The highest BCUT2D eigenvalue weighted by atomic mass is 35.5. The van der Waals surface area contributed by atoms with Crippen LogP contribution in [-0.2, 0) is 4.79 Å². The van der Waals surface area contributed by atoms with Crippen molar-refractivity contribution in [2.24, 2.45) is 0 Å². The van der Waals surface area contributed by atoms with Gasteiger partial charge in [-0.05, 0) is 43.3 Å². The number of ether oxygens (including phenoxy) is 2. The zero-order valence-corrected chi connectivity index (χ0v) is 18.3. The van der Waals surface area contributed by atoms with E-state index in [1.807, 2.05) is 0 Å². The second kappa shape index (κ2) is 9.09. The smallest absolute Gasteiger partial charge is 0.281 e. The van der Waals surface area contributed by atoms with Crippen molar-refractivity contribution in [2.45, 2.75) is 13.0 Å². The van der Waals surface area contributed by atoms with Crippen molar-refractivity contribution in [3.8, 4) is 11.5 Å². The van der Waals surface area contributed by atoms with E-state index >= 15 is 0 Å². The Hall–Kier alpha value is -2.19. The molecule has 6 nitrogen and oxygen atoms in total. The van der Waals surface area contributed by atoms with Gasteiger partial charge in [-0.15, -0.1) is 11.3 Å². The number of amides is 2. The lowest BCUT2D eigenvalue weighted by molar-refractivity contribution is -0.128. The molecule has 152 valence electrons. The van der Waals surface area contributed by atoms with Crippen LogP contribution in [0.15, 0.2) is 36.4 Å². The van der Waals surface area contributed by atoms with Gasteiger partial charge in [0.05, 0.1) is 17.2 Å². The first-order valence-corrected chi connectivity index (χ1v) is 10.2. The van der Waals surface area contributed by atoms with Gasteiger partial charge in [0.2, 0.25) is 0 Å². The minimum atomic E-state index is -0.920. The zero-order valence-electron chi connectivity index (χ0n) is 15.2. The summed E-state index contributed by atoms with van der Waals surface area (Å²) in [6.07, 6.45) is -0.920. The number of hydrogen-bond donors (Lipinski definition) is 2. The predicted octanol–water partition coefficient (Wildman–Crippen LogP) is 5.10. The van der Waals surface area contributed by atoms with E-state index in [0.717, 1.165) is 10.1 Å². The van der Waals surface area contributed by atoms with E-state index in [9.17, 15) is 9.59 Å². The van der Waals surface area contributed by atoms with Crippen LogP contribution >= 0.6 is 46.1 Å². The van der Waals surface area contributed by atoms with E-state index in [-0.39, 0.29) is 9.90 Å². The Morgan fingerprint density at radius 2 is 1.83 bits per heavy atom. The van der Waals surface area contributed by atoms with Gasteiger partial charge >= 0.3 is 0 Å². The maximum absolute atomic E-state index is 12.5. The Kier molecular flexibility index (Phi) is 6.74. The van der Waals surface area contributed by atoms with Crippen molar-refractivity contribution >= 4 is 68.0 Å². The summed E-state index contributed by atoms with van der Waals surface area (Å²) in [4.78, 5) is 25.0. The quantitative estimate of drug-likeness (QED) is 0.506. The van der Waals surface area contributed by atoms with Gasteiger partial charge in [-0.2, -0.15) is 0 Å². The summed E-state index contributed by atoms with van der Waals surface area (Å²) in [6.45, 7) is 1.52. The molecule has 1 atom stereocenters. The SMILES string of the molecule is COc1ccc2c(Cl)c(C(=O)NNC(=O)[C@H](C)Oc3ccc(Cl)cc3Cl)sc2c1. The Morgan fingerprint density at radius 1 is 1.07 bits per heavy atom. The number of hydrogen-bond acceptors (Lipinski definition) is 5. The van der Waals surface area contributed by atoms with Crippen LogP contribution in [0.1, 0.15) is 16.6 Å². The normalized spacial score (nSPS) is 11.8. The Labute approximate surface area is 185 Å². The van der Waals surface area contributed by atoms with Crippen LogP contribution in [0.3, 0.4) is 0 Å². The molecule has 29 heavy (non-hydrogen) atoms. The van der Waals surface area contributed by atoms with Crippen LogP contribution < -0.4 is 20.3 Å². The number of rotatable bonds is 5. The second-order valence-corrected chi connectivity index (χ2v) is 8.16. The van der Waals surface area contributed by atoms with Crippen LogP contribution in [0.4, 0.5) is 0 Å². The fourth-order valence-corrected chi connectivity index (χ4v) is 4.30. The minimum Gasteiger partial charge on any atom is -0.497 e. The number of methoxy groups -OCH3 is 1. The third-order valence-corrected chi connectivity index (χ3v) is 6.10. The molecule has 0 radical (unpaired) electrons. The van der Waals surface area contributed by atoms with Crippen molar-refractivity contribution < 1.29 is 19.1 Å². The number of halogens is 3. The van der Waals surface area contributed by atoms with Gasteiger partial charge < -0.3 is 9.47 Å². The summed E-state index contributed by atoms with van der Waals surface area (Å²) in [7, 11) is 1.56. The summed E-state index contributed by atoms with van der Waals surface area (Å²) in [5.74, 6) is -0.155. The third kappa shape index (κ3) is 4.87. The standard InChI is InChI=1S/C19H15Cl3N2O4S/c1-9(28-14-6-3-10(20)7-13(14)21)18(25)23-24-19(26)17-16(22)12-5-4-11(27-2)8-15(12)29-17/h3-9H,1-2H3,(H,23,25)(H,24,26)/t9-/m0/s1. The van der Waals surface area contributed by atoms with E-state index in [2.05, 4.69) is 10.9 Å². The number of carbonyl (C=O) groups excluding carboxylic acids is 2. The molecule has 2 aromatic carbocycles. The van der Waals surface area contributed by atoms with Gasteiger partial charge in [-0.25, -0.2) is 0 Å².